The molecule has 1 atom stereocenters. The lowest BCUT2D eigenvalue weighted by Crippen LogP contribution is -2.44. The van der Waals surface area contributed by atoms with Gasteiger partial charge in [0.1, 0.15) is 16.5 Å². The summed E-state index contributed by atoms with van der Waals surface area (Å²) in [5.41, 5.74) is 1.75. The molecule has 2 aliphatic heterocycles. The van der Waals surface area contributed by atoms with E-state index < -0.39 is 0 Å². The highest BCUT2D eigenvalue weighted by atomic mass is 32.1. The van der Waals surface area contributed by atoms with Crippen LogP contribution in [0.5, 0.6) is 0 Å². The summed E-state index contributed by atoms with van der Waals surface area (Å²) in [5, 5.41) is 3.34. The van der Waals surface area contributed by atoms with E-state index in [0.29, 0.717) is 5.41 Å². The van der Waals surface area contributed by atoms with Gasteiger partial charge in [0, 0.05) is 24.7 Å². The van der Waals surface area contributed by atoms with Gasteiger partial charge < -0.3 is 4.42 Å². The van der Waals surface area contributed by atoms with Gasteiger partial charge in [0.15, 0.2) is 0 Å². The third kappa shape index (κ3) is 3.44. The van der Waals surface area contributed by atoms with Crippen LogP contribution in [0.1, 0.15) is 41.4 Å². The van der Waals surface area contributed by atoms with Crippen LogP contribution in [-0.4, -0.2) is 41.0 Å². The molecule has 0 aliphatic carbocycles. The van der Waals surface area contributed by atoms with Crippen molar-refractivity contribution in [2.75, 3.05) is 26.2 Å². The fourth-order valence-electron chi connectivity index (χ4n) is 4.41. The molecule has 2 aliphatic rings. The molecule has 4 nitrogen and oxygen atoms in total. The van der Waals surface area contributed by atoms with Gasteiger partial charge in [-0.2, -0.15) is 0 Å². The molecule has 0 saturated carbocycles. The summed E-state index contributed by atoms with van der Waals surface area (Å²) in [6, 6.07) is 2.20. The van der Waals surface area contributed by atoms with Crippen molar-refractivity contribution in [3.63, 3.8) is 0 Å². The average Bonchev–Trinajstić information content (AvgIpc) is 3.24. The Kier molecular flexibility index (Phi) is 4.50. The highest BCUT2D eigenvalue weighted by Gasteiger charge is 2.41. The van der Waals surface area contributed by atoms with Crippen molar-refractivity contribution in [1.82, 2.24) is 14.8 Å². The number of piperidine rings is 1. The lowest BCUT2D eigenvalue weighted by molar-refractivity contribution is 0.0857. The summed E-state index contributed by atoms with van der Waals surface area (Å²) in [4.78, 5) is 9.67. The van der Waals surface area contributed by atoms with E-state index >= 15 is 0 Å². The quantitative estimate of drug-likeness (QED) is 0.843. The van der Waals surface area contributed by atoms with Crippen LogP contribution in [0.2, 0.25) is 0 Å². The first kappa shape index (κ1) is 16.3. The Hall–Kier alpha value is -1.17. The van der Waals surface area contributed by atoms with Crippen LogP contribution < -0.4 is 0 Å². The predicted molar refractivity (Wildman–Crippen MR) is 97.1 cm³/mol. The third-order valence-corrected chi connectivity index (χ3v) is 6.46. The maximum Gasteiger partial charge on any atom is 0.118 e. The molecular weight excluding hydrogens is 318 g/mol. The van der Waals surface area contributed by atoms with Crippen molar-refractivity contribution >= 4 is 11.3 Å². The molecule has 4 rings (SSSR count). The number of hydrogen-bond donors (Lipinski definition) is 0. The van der Waals surface area contributed by atoms with Gasteiger partial charge in [0.25, 0.3) is 0 Å². The number of rotatable bonds is 4. The monoisotopic (exact) mass is 345 g/mol. The Morgan fingerprint density at radius 3 is 2.71 bits per heavy atom. The minimum atomic E-state index is 0.478. The first-order valence-electron chi connectivity index (χ1n) is 9.01. The number of aryl methyl sites for hydroxylation is 2. The Bertz CT molecular complexity index is 661. The molecule has 2 aromatic rings. The van der Waals surface area contributed by atoms with Crippen molar-refractivity contribution in [2.45, 2.75) is 46.2 Å². The van der Waals surface area contributed by atoms with Crippen LogP contribution in [0, 0.1) is 19.3 Å². The summed E-state index contributed by atoms with van der Waals surface area (Å²) in [5.74, 6) is 2.18. The third-order valence-electron chi connectivity index (χ3n) is 5.70. The number of aromatic nitrogens is 1. The normalized spacial score (nSPS) is 25.8. The van der Waals surface area contributed by atoms with Gasteiger partial charge in [0.2, 0.25) is 0 Å². The Balaban J connectivity index is 1.37. The fraction of sp³-hybridized carbons (Fsp3) is 0.632. The van der Waals surface area contributed by atoms with Crippen LogP contribution in [0.15, 0.2) is 22.1 Å². The number of hydrogen-bond acceptors (Lipinski definition) is 5. The number of furan rings is 1. The molecule has 0 bridgehead atoms. The molecule has 0 amide bonds. The smallest absolute Gasteiger partial charge is 0.118 e. The van der Waals surface area contributed by atoms with Crippen molar-refractivity contribution < 1.29 is 4.42 Å². The minimum Gasteiger partial charge on any atom is -0.465 e. The second-order valence-electron chi connectivity index (χ2n) is 7.65. The molecule has 0 aromatic carbocycles. The highest BCUT2D eigenvalue weighted by molar-refractivity contribution is 7.09. The predicted octanol–water partition coefficient (Wildman–Crippen LogP) is 3.84. The van der Waals surface area contributed by atoms with Crippen LogP contribution in [0.3, 0.4) is 0 Å². The van der Waals surface area contributed by atoms with E-state index in [0.717, 1.165) is 24.6 Å². The molecule has 1 unspecified atom stereocenters. The van der Waals surface area contributed by atoms with E-state index in [2.05, 4.69) is 40.1 Å². The van der Waals surface area contributed by atoms with Gasteiger partial charge in [0.05, 0.1) is 13.1 Å². The second kappa shape index (κ2) is 6.62. The minimum absolute atomic E-state index is 0.478. The van der Waals surface area contributed by atoms with Crippen LogP contribution in [0.4, 0.5) is 0 Å². The molecule has 24 heavy (non-hydrogen) atoms. The lowest BCUT2D eigenvalue weighted by Gasteiger charge is -2.40. The van der Waals surface area contributed by atoms with Crippen LogP contribution in [-0.2, 0) is 13.1 Å². The molecular formula is C19H27N3OS. The summed E-state index contributed by atoms with van der Waals surface area (Å²) < 4.78 is 5.88. The largest absolute Gasteiger partial charge is 0.465 e. The van der Waals surface area contributed by atoms with E-state index in [1.807, 2.05) is 6.20 Å². The zero-order valence-corrected chi connectivity index (χ0v) is 15.6. The summed E-state index contributed by atoms with van der Waals surface area (Å²) >= 11 is 1.78. The van der Waals surface area contributed by atoms with Crippen molar-refractivity contribution in [3.8, 4) is 0 Å². The molecule has 0 radical (unpaired) electrons. The molecule has 0 N–H and O–H groups in total. The van der Waals surface area contributed by atoms with Crippen molar-refractivity contribution in [1.29, 1.82) is 0 Å². The van der Waals surface area contributed by atoms with E-state index in [1.165, 1.54) is 56.0 Å². The van der Waals surface area contributed by atoms with Gasteiger partial charge >= 0.3 is 0 Å². The zero-order chi connectivity index (χ0) is 16.6. The first-order valence-corrected chi connectivity index (χ1v) is 9.89. The first-order chi connectivity index (χ1) is 11.6. The van der Waals surface area contributed by atoms with Crippen molar-refractivity contribution in [3.05, 3.63) is 39.7 Å². The summed E-state index contributed by atoms with van der Waals surface area (Å²) in [6.07, 6.45) is 5.93. The summed E-state index contributed by atoms with van der Waals surface area (Å²) in [6.45, 7) is 11.0. The molecule has 2 aromatic heterocycles. The van der Waals surface area contributed by atoms with Gasteiger partial charge in [-0.05, 0) is 63.2 Å². The van der Waals surface area contributed by atoms with Gasteiger partial charge in [-0.1, -0.05) is 0 Å². The average molecular weight is 346 g/mol. The van der Waals surface area contributed by atoms with Gasteiger partial charge in [-0.25, -0.2) is 4.98 Å². The number of likely N-dealkylation sites (tertiary alicyclic amines) is 2. The topological polar surface area (TPSA) is 32.5 Å². The Morgan fingerprint density at radius 2 is 2.00 bits per heavy atom. The summed E-state index contributed by atoms with van der Waals surface area (Å²) in [7, 11) is 0. The SMILES string of the molecule is Cc1cc(CN2CCC3(CCCN(Cc4nccs4)C3)C2)oc1C. The highest BCUT2D eigenvalue weighted by Crippen LogP contribution is 2.40. The van der Waals surface area contributed by atoms with Gasteiger partial charge in [-0.3, -0.25) is 9.80 Å². The zero-order valence-electron chi connectivity index (χ0n) is 14.8. The molecule has 5 heteroatoms. The Morgan fingerprint density at radius 1 is 1.17 bits per heavy atom. The maximum atomic E-state index is 5.88. The molecule has 2 fully saturated rings. The Labute approximate surface area is 148 Å². The molecule has 4 heterocycles. The standard InChI is InChI=1S/C19H27N3OS/c1-15-10-17(23-16(15)2)11-22-8-5-19(14-22)4-3-7-21(13-19)12-18-20-6-9-24-18/h6,9-10H,3-5,7-8,11-14H2,1-2H3. The fourth-order valence-corrected chi connectivity index (χ4v) is 5.07. The van der Waals surface area contributed by atoms with E-state index in [4.69, 9.17) is 4.42 Å². The van der Waals surface area contributed by atoms with Gasteiger partial charge in [-0.15, -0.1) is 11.3 Å². The van der Waals surface area contributed by atoms with E-state index in [1.54, 1.807) is 11.3 Å². The van der Waals surface area contributed by atoms with Crippen molar-refractivity contribution in [2.24, 2.45) is 5.41 Å². The van der Waals surface area contributed by atoms with Crippen LogP contribution >= 0.6 is 11.3 Å². The molecule has 2 saturated heterocycles. The molecule has 130 valence electrons. The molecule has 1 spiro atoms. The van der Waals surface area contributed by atoms with E-state index in [9.17, 15) is 0 Å². The number of nitrogens with zero attached hydrogens (tertiary/aromatic N) is 3. The second-order valence-corrected chi connectivity index (χ2v) is 8.63. The number of thiazole rings is 1. The lowest BCUT2D eigenvalue weighted by atomic mass is 9.79. The van der Waals surface area contributed by atoms with E-state index in [-0.39, 0.29) is 0 Å². The van der Waals surface area contributed by atoms with Crippen LogP contribution in [0.25, 0.3) is 0 Å². The maximum absolute atomic E-state index is 5.88.